The highest BCUT2D eigenvalue weighted by atomic mass is 32.2. The molecule has 1 aromatic carbocycles. The first-order chi connectivity index (χ1) is 8.61. The molecule has 1 N–H and O–H groups in total. The Morgan fingerprint density at radius 1 is 1.28 bits per heavy atom. The Hall–Kier alpha value is -2.08. The van der Waals surface area contributed by atoms with E-state index in [-0.39, 0.29) is 0 Å². The zero-order valence-electron chi connectivity index (χ0n) is 8.90. The Morgan fingerprint density at radius 2 is 2.11 bits per heavy atom. The van der Waals surface area contributed by atoms with Crippen LogP contribution in [-0.4, -0.2) is 11.1 Å². The van der Waals surface area contributed by atoms with Crippen molar-refractivity contribution in [3.05, 3.63) is 40.7 Å². The smallest absolute Gasteiger partial charge is 0.290 e. The number of nitrogens with one attached hydrogen (secondary N) is 1. The summed E-state index contributed by atoms with van der Waals surface area (Å²) >= 11 is 0.836. The van der Waals surface area contributed by atoms with E-state index in [4.69, 9.17) is 4.42 Å². The van der Waals surface area contributed by atoms with Crippen LogP contribution in [0.3, 0.4) is 0 Å². The van der Waals surface area contributed by atoms with E-state index in [1.165, 1.54) is 6.07 Å². The molecule has 4 nitrogen and oxygen atoms in total. The molecule has 1 saturated heterocycles. The highest BCUT2D eigenvalue weighted by molar-refractivity contribution is 8.18. The van der Waals surface area contributed by atoms with Crippen LogP contribution in [0.25, 0.3) is 17.0 Å². The van der Waals surface area contributed by atoms with Crippen molar-refractivity contribution >= 4 is 40.0 Å². The quantitative estimate of drug-likeness (QED) is 0.804. The summed E-state index contributed by atoms with van der Waals surface area (Å²) in [6, 6.07) is 5.65. The number of benzene rings is 1. The monoisotopic (exact) mass is 263 g/mol. The second kappa shape index (κ2) is 3.99. The van der Waals surface area contributed by atoms with E-state index >= 15 is 0 Å². The van der Waals surface area contributed by atoms with Gasteiger partial charge in [-0.1, -0.05) is 12.1 Å². The summed E-state index contributed by atoms with van der Waals surface area (Å²) in [5, 5.41) is 2.42. The summed E-state index contributed by atoms with van der Waals surface area (Å²) < 4.78 is 17.7. The van der Waals surface area contributed by atoms with Gasteiger partial charge in [0.05, 0.1) is 4.91 Å². The van der Waals surface area contributed by atoms with Crippen LogP contribution >= 0.6 is 11.8 Å². The summed E-state index contributed by atoms with van der Waals surface area (Å²) in [6.45, 7) is 0. The summed E-state index contributed by atoms with van der Waals surface area (Å²) in [6.07, 6.45) is 1.56. The number of rotatable bonds is 1. The second-order valence-corrected chi connectivity index (χ2v) is 4.71. The van der Waals surface area contributed by atoms with E-state index in [0.29, 0.717) is 21.4 Å². The summed E-state index contributed by atoms with van der Waals surface area (Å²) in [7, 11) is 0. The maximum absolute atomic E-state index is 12.9. The summed E-state index contributed by atoms with van der Waals surface area (Å²) in [5.74, 6) is -0.421. The Morgan fingerprint density at radius 3 is 2.83 bits per heavy atom. The first-order valence-corrected chi connectivity index (χ1v) is 5.87. The molecule has 1 aromatic heterocycles. The van der Waals surface area contributed by atoms with E-state index < -0.39 is 17.2 Å². The number of imide groups is 1. The minimum atomic E-state index is -0.655. The fraction of sp³-hybridized carbons (Fsp3) is 0. The van der Waals surface area contributed by atoms with Crippen LogP contribution in [0.15, 0.2) is 33.6 Å². The second-order valence-electron chi connectivity index (χ2n) is 3.70. The van der Waals surface area contributed by atoms with E-state index in [0.717, 1.165) is 11.8 Å². The highest BCUT2D eigenvalue weighted by Gasteiger charge is 2.24. The van der Waals surface area contributed by atoms with Crippen molar-refractivity contribution in [2.24, 2.45) is 0 Å². The molecule has 1 fully saturated rings. The minimum Gasteiger partial charge on any atom is -0.431 e. The predicted molar refractivity (Wildman–Crippen MR) is 65.3 cm³/mol. The lowest BCUT2D eigenvalue weighted by Gasteiger charge is -1.94. The van der Waals surface area contributed by atoms with Crippen molar-refractivity contribution < 1.29 is 18.4 Å². The molecule has 0 atom stereocenters. The molecule has 0 spiro atoms. The molecular formula is C12H6FNO3S. The Bertz CT molecular complexity index is 704. The predicted octanol–water partition coefficient (Wildman–Crippen LogP) is 2.90. The standard InChI is InChI=1S/C12H6FNO3S/c13-10-5-7-2-1-6(3-8(7)17-10)4-9-11(15)14-12(16)18-9/h1-5H,(H,14,15,16)/b9-4-. The molecule has 0 saturated carbocycles. The number of hydrogen-bond donors (Lipinski definition) is 1. The number of fused-ring (bicyclic) bond motifs is 1. The van der Waals surface area contributed by atoms with Crippen molar-refractivity contribution in [1.29, 1.82) is 0 Å². The van der Waals surface area contributed by atoms with Crippen LogP contribution in [0, 0.1) is 6.01 Å². The van der Waals surface area contributed by atoms with Gasteiger partial charge in [-0.3, -0.25) is 14.9 Å². The van der Waals surface area contributed by atoms with Gasteiger partial charge in [0.1, 0.15) is 5.58 Å². The lowest BCUT2D eigenvalue weighted by Crippen LogP contribution is -2.17. The lowest BCUT2D eigenvalue weighted by molar-refractivity contribution is -0.115. The van der Waals surface area contributed by atoms with Gasteiger partial charge in [0, 0.05) is 11.5 Å². The molecule has 2 heterocycles. The molecular weight excluding hydrogens is 257 g/mol. The molecule has 18 heavy (non-hydrogen) atoms. The van der Waals surface area contributed by atoms with Crippen molar-refractivity contribution in [3.63, 3.8) is 0 Å². The number of carbonyl (C=O) groups excluding carboxylic acids is 2. The van der Waals surface area contributed by atoms with Crippen molar-refractivity contribution in [1.82, 2.24) is 5.32 Å². The Kier molecular flexibility index (Phi) is 2.45. The van der Waals surface area contributed by atoms with Crippen molar-refractivity contribution in [3.8, 4) is 0 Å². The molecule has 0 radical (unpaired) electrons. The number of carbonyl (C=O) groups is 2. The molecule has 3 rings (SSSR count). The van der Waals surface area contributed by atoms with Crippen molar-refractivity contribution in [2.75, 3.05) is 0 Å². The number of halogens is 1. The van der Waals surface area contributed by atoms with Gasteiger partial charge in [0.25, 0.3) is 17.2 Å². The molecule has 0 bridgehead atoms. The first kappa shape index (κ1) is 11.0. The summed E-state index contributed by atoms with van der Waals surface area (Å²) in [4.78, 5) is 22.7. The van der Waals surface area contributed by atoms with Gasteiger partial charge in [-0.2, -0.15) is 4.39 Å². The van der Waals surface area contributed by atoms with Gasteiger partial charge in [-0.05, 0) is 29.5 Å². The van der Waals surface area contributed by atoms with Gasteiger partial charge in [0.15, 0.2) is 0 Å². The third kappa shape index (κ3) is 1.91. The largest absolute Gasteiger partial charge is 0.431 e. The van der Waals surface area contributed by atoms with Gasteiger partial charge in [0.2, 0.25) is 0 Å². The van der Waals surface area contributed by atoms with Gasteiger partial charge >= 0.3 is 0 Å². The molecule has 2 aromatic rings. The average Bonchev–Trinajstić information content (AvgIpc) is 2.80. The maximum atomic E-state index is 12.9. The zero-order chi connectivity index (χ0) is 12.7. The van der Waals surface area contributed by atoms with E-state index in [9.17, 15) is 14.0 Å². The number of hydrogen-bond acceptors (Lipinski definition) is 4. The highest BCUT2D eigenvalue weighted by Crippen LogP contribution is 2.27. The minimum absolute atomic E-state index is 0.311. The number of amides is 2. The van der Waals surface area contributed by atoms with Crippen LogP contribution in [-0.2, 0) is 4.79 Å². The van der Waals surface area contributed by atoms with Crippen LogP contribution in [0.4, 0.5) is 9.18 Å². The topological polar surface area (TPSA) is 59.3 Å². The van der Waals surface area contributed by atoms with Crippen LogP contribution in [0.5, 0.6) is 0 Å². The number of thioether (sulfide) groups is 1. The SMILES string of the molecule is O=C1NC(=O)/C(=C/c2ccc3cc(F)oc3c2)S1. The van der Waals surface area contributed by atoms with Gasteiger partial charge in [-0.15, -0.1) is 0 Å². The normalized spacial score (nSPS) is 17.7. The molecule has 2 amide bonds. The fourth-order valence-corrected chi connectivity index (χ4v) is 2.36. The summed E-state index contributed by atoms with van der Waals surface area (Å²) in [5.41, 5.74) is 1.07. The van der Waals surface area contributed by atoms with Crippen molar-refractivity contribution in [2.45, 2.75) is 0 Å². The van der Waals surface area contributed by atoms with E-state index in [2.05, 4.69) is 5.32 Å². The third-order valence-corrected chi connectivity index (χ3v) is 3.26. The molecule has 90 valence electrons. The lowest BCUT2D eigenvalue weighted by atomic mass is 10.1. The molecule has 0 unspecified atom stereocenters. The molecule has 1 aliphatic rings. The van der Waals surface area contributed by atoms with Gasteiger partial charge < -0.3 is 4.42 Å². The van der Waals surface area contributed by atoms with Gasteiger partial charge in [-0.25, -0.2) is 0 Å². The van der Waals surface area contributed by atoms with Crippen LogP contribution in [0.1, 0.15) is 5.56 Å². The zero-order valence-corrected chi connectivity index (χ0v) is 9.71. The van der Waals surface area contributed by atoms with E-state index in [1.807, 2.05) is 0 Å². The molecule has 1 aliphatic heterocycles. The maximum Gasteiger partial charge on any atom is 0.290 e. The average molecular weight is 263 g/mol. The van der Waals surface area contributed by atoms with Crippen LogP contribution < -0.4 is 5.32 Å². The Labute approximate surface area is 105 Å². The fourth-order valence-electron chi connectivity index (χ4n) is 1.68. The van der Waals surface area contributed by atoms with Crippen LogP contribution in [0.2, 0.25) is 0 Å². The Balaban J connectivity index is 2.02. The molecule has 0 aliphatic carbocycles. The van der Waals surface area contributed by atoms with E-state index in [1.54, 1.807) is 24.3 Å². The number of furan rings is 1. The molecule has 6 heteroatoms. The third-order valence-electron chi connectivity index (χ3n) is 2.45. The first-order valence-electron chi connectivity index (χ1n) is 5.06.